The second-order valence-electron chi connectivity index (χ2n) is 3.84. The number of rotatable bonds is 3. The Balaban J connectivity index is 2.23. The third-order valence-corrected chi connectivity index (χ3v) is 3.11. The van der Waals surface area contributed by atoms with Crippen molar-refractivity contribution in [3.63, 3.8) is 0 Å². The zero-order valence-corrected chi connectivity index (χ0v) is 11.3. The van der Waals surface area contributed by atoms with E-state index in [2.05, 4.69) is 0 Å². The third kappa shape index (κ3) is 3.43. The summed E-state index contributed by atoms with van der Waals surface area (Å²) in [4.78, 5) is 11.9. The van der Waals surface area contributed by atoms with Crippen LogP contribution in [0.4, 0.5) is 4.39 Å². The summed E-state index contributed by atoms with van der Waals surface area (Å²) in [5.41, 5.74) is 0.680. The van der Waals surface area contributed by atoms with Crippen LogP contribution >= 0.6 is 23.2 Å². The van der Waals surface area contributed by atoms with E-state index >= 15 is 0 Å². The Bertz CT molecular complexity index is 613. The summed E-state index contributed by atoms with van der Waals surface area (Å²) in [5.74, 6) is -0.705. The van der Waals surface area contributed by atoms with E-state index in [1.54, 1.807) is 30.3 Å². The minimum Gasteiger partial charge on any atom is -0.289 e. The highest BCUT2D eigenvalue weighted by molar-refractivity contribution is 6.32. The quantitative estimate of drug-likeness (QED) is 0.573. The summed E-state index contributed by atoms with van der Waals surface area (Å²) in [6.45, 7) is 0. The molecule has 4 heteroatoms. The van der Waals surface area contributed by atoms with E-state index in [0.717, 1.165) is 0 Å². The lowest BCUT2D eigenvalue weighted by atomic mass is 10.1. The molecule has 0 radical (unpaired) electrons. The Morgan fingerprint density at radius 3 is 2.37 bits per heavy atom. The maximum absolute atomic E-state index is 13.5. The molecule has 19 heavy (non-hydrogen) atoms. The van der Waals surface area contributed by atoms with Gasteiger partial charge in [0.2, 0.25) is 0 Å². The van der Waals surface area contributed by atoms with Gasteiger partial charge in [0.1, 0.15) is 5.82 Å². The van der Waals surface area contributed by atoms with Gasteiger partial charge < -0.3 is 0 Å². The largest absolute Gasteiger partial charge is 0.289 e. The van der Waals surface area contributed by atoms with E-state index in [4.69, 9.17) is 23.2 Å². The van der Waals surface area contributed by atoms with E-state index in [-0.39, 0.29) is 16.4 Å². The second kappa shape index (κ2) is 6.00. The zero-order valence-electron chi connectivity index (χ0n) is 9.74. The third-order valence-electron chi connectivity index (χ3n) is 2.53. The van der Waals surface area contributed by atoms with E-state index in [1.165, 1.54) is 24.3 Å². The van der Waals surface area contributed by atoms with Crippen molar-refractivity contribution in [2.75, 3.05) is 0 Å². The number of halogens is 3. The number of hydrogen-bond donors (Lipinski definition) is 0. The van der Waals surface area contributed by atoms with Gasteiger partial charge in [-0.3, -0.25) is 4.79 Å². The van der Waals surface area contributed by atoms with Crippen LogP contribution in [0.2, 0.25) is 10.0 Å². The molecule has 2 aromatic carbocycles. The van der Waals surface area contributed by atoms with Crippen LogP contribution in [0.15, 0.2) is 48.5 Å². The number of hydrogen-bond acceptors (Lipinski definition) is 1. The van der Waals surface area contributed by atoms with Crippen LogP contribution < -0.4 is 0 Å². The highest BCUT2D eigenvalue weighted by Crippen LogP contribution is 2.20. The molecule has 0 bridgehead atoms. The fourth-order valence-corrected chi connectivity index (χ4v) is 1.89. The van der Waals surface area contributed by atoms with Crippen LogP contribution in [0.3, 0.4) is 0 Å². The number of carbonyl (C=O) groups is 1. The fraction of sp³-hybridized carbons (Fsp3) is 0. The Hall–Kier alpha value is -1.64. The van der Waals surface area contributed by atoms with Crippen molar-refractivity contribution in [3.05, 3.63) is 75.5 Å². The van der Waals surface area contributed by atoms with Gasteiger partial charge in [-0.25, -0.2) is 4.39 Å². The van der Waals surface area contributed by atoms with Crippen LogP contribution in [0.1, 0.15) is 15.9 Å². The first-order chi connectivity index (χ1) is 9.08. The Labute approximate surface area is 120 Å². The van der Waals surface area contributed by atoms with Crippen molar-refractivity contribution < 1.29 is 9.18 Å². The molecule has 0 heterocycles. The summed E-state index contributed by atoms with van der Waals surface area (Å²) >= 11 is 11.6. The minimum atomic E-state index is -0.465. The van der Waals surface area contributed by atoms with Crippen molar-refractivity contribution in [2.45, 2.75) is 0 Å². The Kier molecular flexibility index (Phi) is 4.35. The van der Waals surface area contributed by atoms with Gasteiger partial charge in [-0.15, -0.1) is 0 Å². The first-order valence-corrected chi connectivity index (χ1v) is 6.25. The molecule has 1 nitrogen and oxygen atoms in total. The summed E-state index contributed by atoms with van der Waals surface area (Å²) in [6, 6.07) is 10.8. The van der Waals surface area contributed by atoms with E-state index in [9.17, 15) is 9.18 Å². The van der Waals surface area contributed by atoms with E-state index in [1.807, 2.05) is 0 Å². The van der Waals surface area contributed by atoms with Crippen molar-refractivity contribution in [1.82, 2.24) is 0 Å². The fourth-order valence-electron chi connectivity index (χ4n) is 1.54. The average Bonchev–Trinajstić information content (AvgIpc) is 2.38. The van der Waals surface area contributed by atoms with Gasteiger partial charge in [0.25, 0.3) is 0 Å². The van der Waals surface area contributed by atoms with E-state index < -0.39 is 5.82 Å². The Morgan fingerprint density at radius 2 is 1.74 bits per heavy atom. The lowest BCUT2D eigenvalue weighted by Gasteiger charge is -2.00. The molecule has 0 atom stereocenters. The molecule has 0 fully saturated rings. The van der Waals surface area contributed by atoms with Crippen molar-refractivity contribution in [2.24, 2.45) is 0 Å². The zero-order chi connectivity index (χ0) is 13.8. The van der Waals surface area contributed by atoms with Gasteiger partial charge in [0, 0.05) is 16.1 Å². The SMILES string of the molecule is O=C(C=Cc1c(F)cccc1Cl)c1ccc(Cl)cc1. The maximum Gasteiger partial charge on any atom is 0.185 e. The van der Waals surface area contributed by atoms with Gasteiger partial charge in [0.15, 0.2) is 5.78 Å². The Morgan fingerprint density at radius 1 is 1.05 bits per heavy atom. The topological polar surface area (TPSA) is 17.1 Å². The molecular weight excluding hydrogens is 286 g/mol. The number of carbonyl (C=O) groups excluding carboxylic acids is 1. The smallest absolute Gasteiger partial charge is 0.185 e. The molecule has 0 aliphatic rings. The van der Waals surface area contributed by atoms with Crippen LogP contribution in [0.5, 0.6) is 0 Å². The molecule has 0 spiro atoms. The molecule has 2 aromatic rings. The predicted molar refractivity (Wildman–Crippen MR) is 76.2 cm³/mol. The molecule has 2 rings (SSSR count). The molecule has 0 unspecified atom stereocenters. The summed E-state index contributed by atoms with van der Waals surface area (Å²) < 4.78 is 13.5. The average molecular weight is 295 g/mol. The first kappa shape index (κ1) is 13.8. The summed E-state index contributed by atoms with van der Waals surface area (Å²) in [5, 5.41) is 0.817. The highest BCUT2D eigenvalue weighted by Gasteiger charge is 2.05. The van der Waals surface area contributed by atoms with Crippen LogP contribution in [-0.4, -0.2) is 5.78 Å². The number of allylic oxidation sites excluding steroid dienone is 1. The van der Waals surface area contributed by atoms with E-state index in [0.29, 0.717) is 10.6 Å². The second-order valence-corrected chi connectivity index (χ2v) is 4.68. The summed E-state index contributed by atoms with van der Waals surface area (Å²) in [7, 11) is 0. The highest BCUT2D eigenvalue weighted by atomic mass is 35.5. The van der Waals surface area contributed by atoms with Crippen LogP contribution in [0.25, 0.3) is 6.08 Å². The molecule has 0 saturated heterocycles. The van der Waals surface area contributed by atoms with Crippen LogP contribution in [-0.2, 0) is 0 Å². The maximum atomic E-state index is 13.5. The first-order valence-electron chi connectivity index (χ1n) is 5.50. The van der Waals surface area contributed by atoms with Crippen molar-refractivity contribution in [1.29, 1.82) is 0 Å². The van der Waals surface area contributed by atoms with Gasteiger partial charge in [0.05, 0.1) is 5.02 Å². The standard InChI is InChI=1S/C15H9Cl2FO/c16-11-6-4-10(5-7-11)15(19)9-8-12-13(17)2-1-3-14(12)18/h1-9H. The summed E-state index contributed by atoms with van der Waals surface area (Å²) in [6.07, 6.45) is 2.65. The minimum absolute atomic E-state index is 0.200. The normalized spacial score (nSPS) is 10.9. The lowest BCUT2D eigenvalue weighted by Crippen LogP contribution is -1.93. The monoisotopic (exact) mass is 294 g/mol. The van der Waals surface area contributed by atoms with Gasteiger partial charge in [-0.05, 0) is 48.6 Å². The molecule has 96 valence electrons. The van der Waals surface area contributed by atoms with Crippen molar-refractivity contribution in [3.8, 4) is 0 Å². The van der Waals surface area contributed by atoms with Gasteiger partial charge >= 0.3 is 0 Å². The predicted octanol–water partition coefficient (Wildman–Crippen LogP) is 5.03. The number of ketones is 1. The number of benzene rings is 2. The molecule has 0 aromatic heterocycles. The van der Waals surface area contributed by atoms with Crippen LogP contribution in [0, 0.1) is 5.82 Å². The van der Waals surface area contributed by atoms with Gasteiger partial charge in [-0.1, -0.05) is 29.3 Å². The molecular formula is C15H9Cl2FO. The molecule has 0 amide bonds. The molecule has 0 aliphatic carbocycles. The van der Waals surface area contributed by atoms with Gasteiger partial charge in [-0.2, -0.15) is 0 Å². The molecule has 0 aliphatic heterocycles. The lowest BCUT2D eigenvalue weighted by molar-refractivity contribution is 0.104. The molecule has 0 N–H and O–H groups in total. The molecule has 0 saturated carbocycles. The van der Waals surface area contributed by atoms with Crippen molar-refractivity contribution >= 4 is 35.1 Å².